The van der Waals surface area contributed by atoms with Gasteiger partial charge in [-0.15, -0.1) is 11.8 Å². The molecular formula is C48H77N7O11S. The highest BCUT2D eigenvalue weighted by Gasteiger charge is 2.43. The first kappa shape index (κ1) is 56.7. The summed E-state index contributed by atoms with van der Waals surface area (Å²) in [6.45, 7) is 11.5. The van der Waals surface area contributed by atoms with Gasteiger partial charge in [-0.1, -0.05) is 77.3 Å². The summed E-state index contributed by atoms with van der Waals surface area (Å²) in [7, 11) is 6.14. The number of unbranched alkanes of at least 4 members (excludes halogenated alkanes) is 2. The van der Waals surface area contributed by atoms with Crippen molar-refractivity contribution in [1.82, 2.24) is 30.2 Å². The maximum absolute atomic E-state index is 14.2. The largest absolute Gasteiger partial charge is 0.480 e. The van der Waals surface area contributed by atoms with Crippen LogP contribution in [-0.2, 0) is 54.3 Å². The van der Waals surface area contributed by atoms with Gasteiger partial charge in [0.1, 0.15) is 12.1 Å². The van der Waals surface area contributed by atoms with Crippen LogP contribution in [0.25, 0.3) is 0 Å². The summed E-state index contributed by atoms with van der Waals surface area (Å²) in [4.78, 5) is 111. The number of carboxylic acid groups (broad SMARTS) is 1. The summed E-state index contributed by atoms with van der Waals surface area (Å²) in [5.41, 5.74) is 7.34. The first-order chi connectivity index (χ1) is 31.7. The van der Waals surface area contributed by atoms with E-state index in [1.165, 1.54) is 40.7 Å². The SMILES string of the molecule is CC[C@H](C)[C@@H]([C@@H](CC(=O)N1CCC[C@H]1[C@H](OC)[C@@H](C)C(=O)N[C@@H](Cc1ccc(C)cc1)C(=O)O)OC)N(C)C(=O)CNC(=O)[C@H](C(C)C)N(C)C(=O)CCCCCN1C(=O)CC(SCN)C1=O. The number of hydrogen-bond donors (Lipinski definition) is 4. The molecule has 376 valence electrons. The fraction of sp³-hybridized carbons (Fsp3) is 0.708. The van der Waals surface area contributed by atoms with Crippen molar-refractivity contribution < 1.29 is 52.9 Å². The summed E-state index contributed by atoms with van der Waals surface area (Å²) >= 11 is 1.26. The van der Waals surface area contributed by atoms with Gasteiger partial charge in [-0.25, -0.2) is 4.79 Å². The predicted molar refractivity (Wildman–Crippen MR) is 255 cm³/mol. The molecule has 19 heteroatoms. The molecule has 7 amide bonds. The van der Waals surface area contributed by atoms with Crippen molar-refractivity contribution in [2.75, 3.05) is 53.8 Å². The number of carbonyl (C=O) groups excluding carboxylic acids is 7. The number of nitrogens with two attached hydrogens (primary N) is 1. The van der Waals surface area contributed by atoms with Crippen LogP contribution < -0.4 is 16.4 Å². The highest BCUT2D eigenvalue weighted by Crippen LogP contribution is 2.30. The minimum absolute atomic E-state index is 0.0775. The van der Waals surface area contributed by atoms with Gasteiger partial charge in [0.05, 0.1) is 48.4 Å². The van der Waals surface area contributed by atoms with Crippen molar-refractivity contribution in [2.24, 2.45) is 23.5 Å². The van der Waals surface area contributed by atoms with E-state index in [-0.39, 0.29) is 80.1 Å². The zero-order chi connectivity index (χ0) is 50.1. The van der Waals surface area contributed by atoms with E-state index in [0.29, 0.717) is 45.1 Å². The lowest BCUT2D eigenvalue weighted by Crippen LogP contribution is -2.56. The molecule has 18 nitrogen and oxygen atoms in total. The number of carbonyl (C=O) groups is 8. The number of likely N-dealkylation sites (N-methyl/N-ethyl adjacent to an activating group) is 2. The molecule has 0 aliphatic carbocycles. The first-order valence-electron chi connectivity index (χ1n) is 23.6. The maximum atomic E-state index is 14.2. The molecule has 3 rings (SSSR count). The van der Waals surface area contributed by atoms with Gasteiger partial charge in [-0.2, -0.15) is 0 Å². The Morgan fingerprint density at radius 3 is 2.19 bits per heavy atom. The second-order valence-corrected chi connectivity index (χ2v) is 19.6. The zero-order valence-corrected chi connectivity index (χ0v) is 42.1. The highest BCUT2D eigenvalue weighted by molar-refractivity contribution is 8.00. The molecule has 0 bridgehead atoms. The van der Waals surface area contributed by atoms with Gasteiger partial charge >= 0.3 is 5.97 Å². The van der Waals surface area contributed by atoms with Crippen molar-refractivity contribution in [1.29, 1.82) is 0 Å². The Balaban J connectivity index is 1.60. The number of rotatable bonds is 28. The third kappa shape index (κ3) is 15.7. The number of carboxylic acids is 1. The van der Waals surface area contributed by atoms with E-state index in [1.54, 1.807) is 25.9 Å². The monoisotopic (exact) mass is 960 g/mol. The molecule has 2 aliphatic rings. The second kappa shape index (κ2) is 27.4. The van der Waals surface area contributed by atoms with E-state index in [9.17, 15) is 43.5 Å². The van der Waals surface area contributed by atoms with Crippen LogP contribution in [0.5, 0.6) is 0 Å². The van der Waals surface area contributed by atoms with Crippen molar-refractivity contribution in [3.8, 4) is 0 Å². The van der Waals surface area contributed by atoms with Gasteiger partial charge in [-0.05, 0) is 50.0 Å². The third-order valence-electron chi connectivity index (χ3n) is 13.4. The lowest BCUT2D eigenvalue weighted by atomic mass is 9.90. The lowest BCUT2D eigenvalue weighted by Gasteiger charge is -2.39. The van der Waals surface area contributed by atoms with Crippen molar-refractivity contribution in [2.45, 2.75) is 147 Å². The van der Waals surface area contributed by atoms with Crippen LogP contribution in [0.4, 0.5) is 0 Å². The van der Waals surface area contributed by atoms with Crippen LogP contribution >= 0.6 is 11.8 Å². The fourth-order valence-corrected chi connectivity index (χ4v) is 10.1. The van der Waals surface area contributed by atoms with Crippen LogP contribution in [0.3, 0.4) is 0 Å². The molecule has 9 atom stereocenters. The number of thioether (sulfide) groups is 1. The summed E-state index contributed by atoms with van der Waals surface area (Å²) in [5, 5.41) is 14.9. The Morgan fingerprint density at radius 1 is 0.940 bits per heavy atom. The Bertz CT molecular complexity index is 1850. The standard InChI is InChI=1S/C48H77N7O11S/c1-11-31(5)43(53(8)41(59)27-50-46(61)42(29(2)3)52(7)38(56)17-13-12-14-22-55-40(58)26-37(47(55)62)67-28-49)36(65-9)25-39(57)54-23-15-16-35(54)44(66-10)32(6)45(60)51-34(48(63)64)24-33-20-18-30(4)19-21-33/h18-21,29,31-32,34-37,42-44H,11-17,22-28,49H2,1-10H3,(H,50,61)(H,51,60)(H,63,64)/t31-,32+,34-,35-,36+,37?,42-,43-,44+/m0/s1. The van der Waals surface area contributed by atoms with Crippen molar-refractivity contribution >= 4 is 59.1 Å². The van der Waals surface area contributed by atoms with Crippen LogP contribution in [0.2, 0.25) is 0 Å². The molecule has 0 spiro atoms. The molecule has 2 saturated heterocycles. The molecular weight excluding hydrogens is 883 g/mol. The van der Waals surface area contributed by atoms with Gasteiger partial charge in [0.25, 0.3) is 0 Å². The molecule has 2 heterocycles. The Hall–Kier alpha value is -4.59. The number of hydrogen-bond acceptors (Lipinski definition) is 12. The van der Waals surface area contributed by atoms with Crippen molar-refractivity contribution in [3.05, 3.63) is 35.4 Å². The minimum Gasteiger partial charge on any atom is -0.480 e. The molecule has 1 unspecified atom stereocenters. The third-order valence-corrected chi connectivity index (χ3v) is 14.3. The van der Waals surface area contributed by atoms with Crippen LogP contribution in [-0.4, -0.2) is 167 Å². The Kier molecular flexibility index (Phi) is 23.2. The predicted octanol–water partition coefficient (Wildman–Crippen LogP) is 2.96. The quantitative estimate of drug-likeness (QED) is 0.0538. The van der Waals surface area contributed by atoms with E-state index < -0.39 is 71.2 Å². The van der Waals surface area contributed by atoms with E-state index in [4.69, 9.17) is 15.2 Å². The number of imide groups is 1. The van der Waals surface area contributed by atoms with Crippen molar-refractivity contribution in [3.63, 3.8) is 0 Å². The Labute approximate surface area is 401 Å². The average Bonchev–Trinajstić information content (AvgIpc) is 3.88. The number of ether oxygens (including phenoxy) is 2. The smallest absolute Gasteiger partial charge is 0.326 e. The number of aliphatic carboxylic acids is 1. The number of nitrogens with zero attached hydrogens (tertiary/aromatic N) is 4. The van der Waals surface area contributed by atoms with E-state index >= 15 is 0 Å². The van der Waals surface area contributed by atoms with Crippen LogP contribution in [0.15, 0.2) is 24.3 Å². The lowest BCUT2D eigenvalue weighted by molar-refractivity contribution is -0.147. The number of amides is 7. The minimum atomic E-state index is -1.16. The van der Waals surface area contributed by atoms with E-state index in [1.807, 2.05) is 58.9 Å². The number of aryl methyl sites for hydroxylation is 1. The average molecular weight is 960 g/mol. The molecule has 2 fully saturated rings. The topological polar surface area (TPSA) is 238 Å². The van der Waals surface area contributed by atoms with Crippen LogP contribution in [0.1, 0.15) is 104 Å². The van der Waals surface area contributed by atoms with Gasteiger partial charge in [-0.3, -0.25) is 38.5 Å². The summed E-state index contributed by atoms with van der Waals surface area (Å²) in [5.74, 6) is -4.41. The van der Waals surface area contributed by atoms with Gasteiger partial charge in [0.15, 0.2) is 0 Å². The molecule has 0 saturated carbocycles. The molecule has 0 aromatic heterocycles. The molecule has 1 aromatic carbocycles. The molecule has 0 radical (unpaired) electrons. The van der Waals surface area contributed by atoms with E-state index in [0.717, 1.165) is 11.1 Å². The van der Waals surface area contributed by atoms with Gasteiger partial charge in [0.2, 0.25) is 41.4 Å². The van der Waals surface area contributed by atoms with Crippen LogP contribution in [0, 0.1) is 24.7 Å². The number of nitrogens with one attached hydrogen (secondary N) is 2. The Morgan fingerprint density at radius 2 is 1.61 bits per heavy atom. The number of methoxy groups -OCH3 is 2. The number of likely N-dealkylation sites (tertiary alicyclic amines) is 2. The summed E-state index contributed by atoms with van der Waals surface area (Å²) in [6.07, 6.45) is 2.41. The maximum Gasteiger partial charge on any atom is 0.326 e. The van der Waals surface area contributed by atoms with Gasteiger partial charge in [0, 0.05) is 66.5 Å². The number of benzene rings is 1. The zero-order valence-electron chi connectivity index (χ0n) is 41.3. The van der Waals surface area contributed by atoms with E-state index in [2.05, 4.69) is 10.6 Å². The second-order valence-electron chi connectivity index (χ2n) is 18.4. The molecule has 67 heavy (non-hydrogen) atoms. The summed E-state index contributed by atoms with van der Waals surface area (Å²) < 4.78 is 11.8. The first-order valence-corrected chi connectivity index (χ1v) is 24.7. The normalized spacial score (nSPS) is 19.3. The van der Waals surface area contributed by atoms with Gasteiger partial charge < -0.3 is 45.6 Å². The molecule has 1 aromatic rings. The summed E-state index contributed by atoms with van der Waals surface area (Å²) in [6, 6.07) is 4.38. The molecule has 5 N–H and O–H groups in total. The fourth-order valence-electron chi connectivity index (χ4n) is 9.29. The highest BCUT2D eigenvalue weighted by atomic mass is 32.2. The molecule has 2 aliphatic heterocycles.